The van der Waals surface area contributed by atoms with E-state index in [1.165, 1.54) is 17.7 Å². The van der Waals surface area contributed by atoms with Gasteiger partial charge < -0.3 is 5.73 Å². The monoisotopic (exact) mass is 206 g/mol. The maximum absolute atomic E-state index is 5.48. The summed E-state index contributed by atoms with van der Waals surface area (Å²) in [5.74, 6) is 0. The zero-order valence-electron chi connectivity index (χ0n) is 7.55. The molecule has 0 aliphatic heterocycles. The minimum absolute atomic E-state index is 0.564. The highest BCUT2D eigenvalue weighted by molar-refractivity contribution is 7.18. The van der Waals surface area contributed by atoms with Crippen molar-refractivity contribution in [3.05, 3.63) is 38.1 Å². The lowest BCUT2D eigenvalue weighted by Gasteiger charge is -1.90. The van der Waals surface area contributed by atoms with Crippen LogP contribution in [-0.2, 0) is 0 Å². The Morgan fingerprint density at radius 1 is 1.14 bits per heavy atom. The van der Waals surface area contributed by atoms with E-state index in [0.717, 1.165) is 10.4 Å². The first-order valence-electron chi connectivity index (χ1n) is 3.83. The van der Waals surface area contributed by atoms with Crippen molar-refractivity contribution >= 4 is 16.5 Å². The molecule has 0 fully saturated rings. The molecule has 4 nitrogen and oxygen atoms in total. The number of aromatic nitrogens is 3. The van der Waals surface area contributed by atoms with Crippen LogP contribution in [0, 0.1) is 0 Å². The van der Waals surface area contributed by atoms with Gasteiger partial charge in [-0.2, -0.15) is 0 Å². The Hall–Kier alpha value is -1.75. The average Bonchev–Trinajstić information content (AvgIpc) is 2.69. The number of thiazole rings is 1. The minimum Gasteiger partial charge on any atom is -0.375 e. The smallest absolute Gasteiger partial charge is 0.180 e. The topological polar surface area (TPSA) is 64.7 Å². The Kier molecular flexibility index (Phi) is 3.75. The standard InChI is InChI=1S/C7H6N4S.C2H4/c8-7-11-3-6(12-7)5-1-9-4-10-2-5;1-2/h1-4H,(H2,8,11);1-2H2. The number of rotatable bonds is 1. The second kappa shape index (κ2) is 5.08. The largest absolute Gasteiger partial charge is 0.375 e. The Balaban J connectivity index is 0.000000461. The Bertz CT molecular complexity index is 385. The minimum atomic E-state index is 0.564. The van der Waals surface area contributed by atoms with Crippen molar-refractivity contribution in [1.82, 2.24) is 15.0 Å². The van der Waals surface area contributed by atoms with E-state index in [9.17, 15) is 0 Å². The van der Waals surface area contributed by atoms with E-state index in [2.05, 4.69) is 28.1 Å². The summed E-state index contributed by atoms with van der Waals surface area (Å²) >= 11 is 1.43. The lowest BCUT2D eigenvalue weighted by Crippen LogP contribution is -1.77. The first-order valence-corrected chi connectivity index (χ1v) is 4.64. The molecule has 0 saturated heterocycles. The highest BCUT2D eigenvalue weighted by Gasteiger charge is 2.00. The van der Waals surface area contributed by atoms with Crippen LogP contribution in [-0.4, -0.2) is 15.0 Å². The molecule has 14 heavy (non-hydrogen) atoms. The summed E-state index contributed by atoms with van der Waals surface area (Å²) in [6.07, 6.45) is 6.69. The van der Waals surface area contributed by atoms with Crippen molar-refractivity contribution in [2.24, 2.45) is 0 Å². The van der Waals surface area contributed by atoms with Crippen LogP contribution in [0.4, 0.5) is 5.13 Å². The molecule has 5 heteroatoms. The molecule has 0 bridgehead atoms. The van der Waals surface area contributed by atoms with Crippen LogP contribution in [0.1, 0.15) is 0 Å². The van der Waals surface area contributed by atoms with Crippen LogP contribution in [0.25, 0.3) is 10.4 Å². The third-order valence-corrected chi connectivity index (χ3v) is 2.24. The van der Waals surface area contributed by atoms with Crippen molar-refractivity contribution in [1.29, 1.82) is 0 Å². The van der Waals surface area contributed by atoms with Crippen LogP contribution in [0.15, 0.2) is 38.1 Å². The molecule has 2 heterocycles. The molecule has 0 atom stereocenters. The molecule has 0 amide bonds. The maximum Gasteiger partial charge on any atom is 0.180 e. The number of nitrogen functional groups attached to an aromatic ring is 1. The second-order valence-corrected chi connectivity index (χ2v) is 3.25. The van der Waals surface area contributed by atoms with Gasteiger partial charge in [-0.25, -0.2) is 15.0 Å². The highest BCUT2D eigenvalue weighted by Crippen LogP contribution is 2.25. The Morgan fingerprint density at radius 3 is 2.29 bits per heavy atom. The number of hydrogen-bond donors (Lipinski definition) is 1. The van der Waals surface area contributed by atoms with Crippen molar-refractivity contribution < 1.29 is 0 Å². The second-order valence-electron chi connectivity index (χ2n) is 2.19. The predicted molar refractivity (Wildman–Crippen MR) is 58.8 cm³/mol. The van der Waals surface area contributed by atoms with E-state index >= 15 is 0 Å². The molecule has 0 radical (unpaired) electrons. The van der Waals surface area contributed by atoms with E-state index in [1.807, 2.05) is 0 Å². The van der Waals surface area contributed by atoms with Gasteiger partial charge in [0, 0.05) is 24.2 Å². The highest BCUT2D eigenvalue weighted by atomic mass is 32.1. The molecule has 0 aliphatic rings. The van der Waals surface area contributed by atoms with Crippen molar-refractivity contribution in [2.75, 3.05) is 5.73 Å². The SMILES string of the molecule is C=C.Nc1ncc(-c2cncnc2)s1. The van der Waals surface area contributed by atoms with Crippen molar-refractivity contribution in [3.63, 3.8) is 0 Å². The molecular formula is C9H10N4S. The molecule has 72 valence electrons. The summed E-state index contributed by atoms with van der Waals surface area (Å²) in [6.45, 7) is 6.00. The molecule has 0 saturated carbocycles. The summed E-state index contributed by atoms with van der Waals surface area (Å²) < 4.78 is 0. The first-order chi connectivity index (χ1) is 6.86. The number of anilines is 1. The quantitative estimate of drug-likeness (QED) is 0.725. The predicted octanol–water partition coefficient (Wildman–Crippen LogP) is 1.98. The van der Waals surface area contributed by atoms with E-state index in [-0.39, 0.29) is 0 Å². The van der Waals surface area contributed by atoms with Crippen LogP contribution in [0.3, 0.4) is 0 Å². The first kappa shape index (κ1) is 10.3. The zero-order valence-corrected chi connectivity index (χ0v) is 8.37. The third-order valence-electron chi connectivity index (χ3n) is 1.37. The van der Waals surface area contributed by atoms with Gasteiger partial charge in [0.15, 0.2) is 5.13 Å². The fraction of sp³-hybridized carbons (Fsp3) is 0. The van der Waals surface area contributed by atoms with Crippen molar-refractivity contribution in [2.45, 2.75) is 0 Å². The number of hydrogen-bond acceptors (Lipinski definition) is 5. The van der Waals surface area contributed by atoms with E-state index in [1.54, 1.807) is 18.6 Å². The summed E-state index contributed by atoms with van der Waals surface area (Å²) in [6, 6.07) is 0. The molecule has 2 N–H and O–H groups in total. The fourth-order valence-corrected chi connectivity index (χ4v) is 1.51. The number of nitrogens with zero attached hydrogens (tertiary/aromatic N) is 3. The van der Waals surface area contributed by atoms with Gasteiger partial charge in [0.25, 0.3) is 0 Å². The number of nitrogens with two attached hydrogens (primary N) is 1. The summed E-state index contributed by atoms with van der Waals surface area (Å²) in [4.78, 5) is 12.7. The van der Waals surface area contributed by atoms with Crippen molar-refractivity contribution in [3.8, 4) is 10.4 Å². The lowest BCUT2D eigenvalue weighted by atomic mass is 10.3. The van der Waals surface area contributed by atoms with Gasteiger partial charge in [-0.3, -0.25) is 0 Å². The van der Waals surface area contributed by atoms with Gasteiger partial charge in [-0.05, 0) is 0 Å². The van der Waals surface area contributed by atoms with E-state index in [0.29, 0.717) is 5.13 Å². The van der Waals surface area contributed by atoms with E-state index in [4.69, 9.17) is 5.73 Å². The lowest BCUT2D eigenvalue weighted by molar-refractivity contribution is 1.17. The van der Waals surface area contributed by atoms with Gasteiger partial charge in [0.05, 0.1) is 4.88 Å². The van der Waals surface area contributed by atoms with Crippen LogP contribution in [0.5, 0.6) is 0 Å². The molecule has 0 aliphatic carbocycles. The summed E-state index contributed by atoms with van der Waals surface area (Å²) in [5.41, 5.74) is 6.43. The normalized spacial score (nSPS) is 8.86. The van der Waals surface area contributed by atoms with Gasteiger partial charge in [-0.1, -0.05) is 11.3 Å². The third kappa shape index (κ3) is 2.37. The molecule has 0 aromatic carbocycles. The maximum atomic E-state index is 5.48. The summed E-state index contributed by atoms with van der Waals surface area (Å²) in [5, 5.41) is 0.564. The molecule has 2 aromatic heterocycles. The molecule has 2 rings (SSSR count). The van der Waals surface area contributed by atoms with Crippen LogP contribution in [0.2, 0.25) is 0 Å². The molecule has 2 aromatic rings. The Labute approximate surface area is 86.2 Å². The fourth-order valence-electron chi connectivity index (χ4n) is 0.847. The Morgan fingerprint density at radius 2 is 1.79 bits per heavy atom. The van der Waals surface area contributed by atoms with E-state index < -0.39 is 0 Å². The molecule has 0 unspecified atom stereocenters. The van der Waals surface area contributed by atoms with Gasteiger partial charge in [0.2, 0.25) is 0 Å². The van der Waals surface area contributed by atoms with Gasteiger partial charge in [-0.15, -0.1) is 13.2 Å². The molecule has 0 spiro atoms. The summed E-state index contributed by atoms with van der Waals surface area (Å²) in [7, 11) is 0. The average molecular weight is 206 g/mol. The zero-order chi connectivity index (χ0) is 10.4. The van der Waals surface area contributed by atoms with Crippen LogP contribution < -0.4 is 5.73 Å². The van der Waals surface area contributed by atoms with Gasteiger partial charge in [0.1, 0.15) is 6.33 Å². The van der Waals surface area contributed by atoms with Gasteiger partial charge >= 0.3 is 0 Å². The van der Waals surface area contributed by atoms with Crippen LogP contribution >= 0.6 is 11.3 Å². The molecular weight excluding hydrogens is 196 g/mol.